The van der Waals surface area contributed by atoms with Crippen molar-refractivity contribution in [2.24, 2.45) is 5.73 Å². The van der Waals surface area contributed by atoms with Crippen molar-refractivity contribution in [3.8, 4) is 6.07 Å². The number of nitrogens with zero attached hydrogens (tertiary/aromatic N) is 3. The lowest BCUT2D eigenvalue weighted by Crippen LogP contribution is -2.46. The summed E-state index contributed by atoms with van der Waals surface area (Å²) < 4.78 is 39.4. The van der Waals surface area contributed by atoms with Gasteiger partial charge in [0.15, 0.2) is 5.11 Å². The largest absolute Gasteiger partial charge is 0.417 e. The number of carbonyl (C=O) groups excluding carboxylic acids is 1. The summed E-state index contributed by atoms with van der Waals surface area (Å²) in [4.78, 5) is 15.3. The van der Waals surface area contributed by atoms with Crippen LogP contribution < -0.4 is 10.6 Å². The molecule has 0 saturated carbocycles. The fourth-order valence-corrected chi connectivity index (χ4v) is 3.08. The lowest BCUT2D eigenvalue weighted by molar-refractivity contribution is -0.137. The van der Waals surface area contributed by atoms with E-state index in [-0.39, 0.29) is 17.3 Å². The second-order valence-electron chi connectivity index (χ2n) is 5.76. The molecule has 0 unspecified atom stereocenters. The number of rotatable bonds is 3. The summed E-state index contributed by atoms with van der Waals surface area (Å²) in [5.74, 6) is -0.446. The Morgan fingerprint density at radius 2 is 2.00 bits per heavy atom. The topological polar surface area (TPSA) is 73.4 Å². The van der Waals surface area contributed by atoms with Crippen molar-refractivity contribution in [1.29, 1.82) is 5.26 Å². The Balaban J connectivity index is 2.55. The highest BCUT2D eigenvalue weighted by molar-refractivity contribution is 7.80. The highest BCUT2D eigenvalue weighted by Gasteiger charge is 2.49. The minimum Gasteiger partial charge on any atom is -0.333 e. The van der Waals surface area contributed by atoms with Gasteiger partial charge >= 0.3 is 6.18 Å². The van der Waals surface area contributed by atoms with Gasteiger partial charge in [0.2, 0.25) is 0 Å². The molecule has 1 saturated heterocycles. The summed E-state index contributed by atoms with van der Waals surface area (Å²) in [5.41, 5.74) is 2.87. The highest BCUT2D eigenvalue weighted by atomic mass is 32.1. The molecule has 0 aliphatic carbocycles. The molecule has 0 radical (unpaired) electrons. The Morgan fingerprint density at radius 1 is 1.38 bits per heavy atom. The van der Waals surface area contributed by atoms with E-state index in [1.54, 1.807) is 18.7 Å². The van der Waals surface area contributed by atoms with Crippen LogP contribution in [0, 0.1) is 11.3 Å². The Bertz CT molecular complexity index is 739. The number of nitrogens with two attached hydrogens (primary N) is 1. The SMILES string of the molecule is CC1(C)C(=O)N(c2ccc(C#N)c(C(F)(F)F)c2)C(=S)N1CCN. The van der Waals surface area contributed by atoms with Crippen molar-refractivity contribution in [2.75, 3.05) is 18.0 Å². The molecule has 1 fully saturated rings. The van der Waals surface area contributed by atoms with Gasteiger partial charge in [-0.3, -0.25) is 9.69 Å². The summed E-state index contributed by atoms with van der Waals surface area (Å²) in [5, 5.41) is 8.95. The van der Waals surface area contributed by atoms with Crippen LogP contribution in [0.1, 0.15) is 25.0 Å². The van der Waals surface area contributed by atoms with Crippen molar-refractivity contribution >= 4 is 28.9 Å². The third-order valence-corrected chi connectivity index (χ3v) is 4.27. The molecule has 0 atom stereocenters. The Kier molecular flexibility index (Phi) is 4.57. The molecule has 1 aliphatic heterocycles. The molecule has 0 spiro atoms. The predicted molar refractivity (Wildman–Crippen MR) is 86.1 cm³/mol. The van der Waals surface area contributed by atoms with Crippen LogP contribution in [-0.2, 0) is 11.0 Å². The standard InChI is InChI=1S/C15H15F3N4OS/c1-14(2)12(23)22(13(24)21(14)6-5-19)10-4-3-9(8-20)11(7-10)15(16,17)18/h3-4,7H,5-6,19H2,1-2H3. The number of carbonyl (C=O) groups is 1. The van der Waals surface area contributed by atoms with E-state index in [1.807, 2.05) is 0 Å². The first-order chi connectivity index (χ1) is 11.1. The van der Waals surface area contributed by atoms with E-state index in [0.29, 0.717) is 6.54 Å². The number of benzene rings is 1. The van der Waals surface area contributed by atoms with Gasteiger partial charge < -0.3 is 10.6 Å². The van der Waals surface area contributed by atoms with Gasteiger partial charge in [0.25, 0.3) is 5.91 Å². The highest BCUT2D eigenvalue weighted by Crippen LogP contribution is 2.37. The van der Waals surface area contributed by atoms with Crippen molar-refractivity contribution in [2.45, 2.75) is 25.6 Å². The van der Waals surface area contributed by atoms with E-state index in [2.05, 4.69) is 0 Å². The number of hydrogen-bond donors (Lipinski definition) is 1. The van der Waals surface area contributed by atoms with Crippen LogP contribution in [0.5, 0.6) is 0 Å². The molecule has 9 heteroatoms. The molecule has 0 bridgehead atoms. The van der Waals surface area contributed by atoms with E-state index in [0.717, 1.165) is 17.0 Å². The van der Waals surface area contributed by atoms with E-state index < -0.39 is 28.7 Å². The minimum absolute atomic E-state index is 0.0241. The average molecular weight is 356 g/mol. The molecular formula is C15H15F3N4OS. The minimum atomic E-state index is -4.71. The molecule has 5 nitrogen and oxygen atoms in total. The van der Waals surface area contributed by atoms with Crippen LogP contribution in [0.2, 0.25) is 0 Å². The first-order valence-corrected chi connectivity index (χ1v) is 7.44. The zero-order valence-corrected chi connectivity index (χ0v) is 13.8. The molecule has 2 N–H and O–H groups in total. The zero-order valence-electron chi connectivity index (χ0n) is 13.0. The van der Waals surface area contributed by atoms with Crippen LogP contribution in [0.4, 0.5) is 18.9 Å². The molecule has 1 aromatic carbocycles. The molecule has 0 aromatic heterocycles. The molecular weight excluding hydrogens is 341 g/mol. The lowest BCUT2D eigenvalue weighted by Gasteiger charge is -2.28. The third-order valence-electron chi connectivity index (χ3n) is 3.86. The smallest absolute Gasteiger partial charge is 0.333 e. The maximum atomic E-state index is 13.1. The summed E-state index contributed by atoms with van der Waals surface area (Å²) in [6.45, 7) is 3.81. The number of alkyl halides is 3. The number of hydrogen-bond acceptors (Lipinski definition) is 4. The molecule has 128 valence electrons. The number of halogens is 3. The lowest BCUT2D eigenvalue weighted by atomic mass is 10.0. The Morgan fingerprint density at radius 3 is 2.50 bits per heavy atom. The summed E-state index contributed by atoms with van der Waals surface area (Å²) in [7, 11) is 0. The van der Waals surface area contributed by atoms with E-state index >= 15 is 0 Å². The third kappa shape index (κ3) is 2.83. The first-order valence-electron chi connectivity index (χ1n) is 7.03. The average Bonchev–Trinajstić information content (AvgIpc) is 2.66. The van der Waals surface area contributed by atoms with Gasteiger partial charge in [-0.25, -0.2) is 0 Å². The summed E-state index contributed by atoms with van der Waals surface area (Å²) >= 11 is 5.26. The number of nitriles is 1. The molecule has 1 heterocycles. The predicted octanol–water partition coefficient (Wildman–Crippen LogP) is 2.25. The van der Waals surface area contributed by atoms with Crippen LogP contribution in [0.15, 0.2) is 18.2 Å². The van der Waals surface area contributed by atoms with Gasteiger partial charge in [-0.2, -0.15) is 18.4 Å². The van der Waals surface area contributed by atoms with Crippen molar-refractivity contribution in [1.82, 2.24) is 4.90 Å². The fourth-order valence-electron chi connectivity index (χ4n) is 2.57. The number of anilines is 1. The second kappa shape index (κ2) is 6.03. The molecule has 1 amide bonds. The van der Waals surface area contributed by atoms with E-state index in [1.165, 1.54) is 12.1 Å². The van der Waals surface area contributed by atoms with Crippen LogP contribution in [0.25, 0.3) is 0 Å². The van der Waals surface area contributed by atoms with Gasteiger partial charge in [-0.05, 0) is 44.3 Å². The summed E-state index contributed by atoms with van der Waals surface area (Å²) in [6.07, 6.45) is -4.71. The molecule has 24 heavy (non-hydrogen) atoms. The van der Waals surface area contributed by atoms with Crippen LogP contribution in [0.3, 0.4) is 0 Å². The van der Waals surface area contributed by atoms with Gasteiger partial charge in [-0.15, -0.1) is 0 Å². The fraction of sp³-hybridized carbons (Fsp3) is 0.400. The van der Waals surface area contributed by atoms with Crippen molar-refractivity contribution in [3.63, 3.8) is 0 Å². The molecule has 1 aliphatic rings. The van der Waals surface area contributed by atoms with E-state index in [4.69, 9.17) is 23.2 Å². The monoisotopic (exact) mass is 356 g/mol. The normalized spacial score (nSPS) is 17.4. The zero-order chi connectivity index (χ0) is 18.3. The van der Waals surface area contributed by atoms with Crippen molar-refractivity contribution < 1.29 is 18.0 Å². The van der Waals surface area contributed by atoms with Gasteiger partial charge in [0, 0.05) is 13.1 Å². The van der Waals surface area contributed by atoms with Crippen molar-refractivity contribution in [3.05, 3.63) is 29.3 Å². The first kappa shape index (κ1) is 18.2. The van der Waals surface area contributed by atoms with Gasteiger partial charge in [-0.1, -0.05) is 0 Å². The number of amides is 1. The molecule has 2 rings (SSSR count). The summed E-state index contributed by atoms with van der Waals surface area (Å²) in [6, 6.07) is 4.59. The van der Waals surface area contributed by atoms with Gasteiger partial charge in [0.05, 0.1) is 22.9 Å². The molecule has 1 aromatic rings. The van der Waals surface area contributed by atoms with Gasteiger partial charge in [0.1, 0.15) is 5.54 Å². The maximum absolute atomic E-state index is 13.1. The van der Waals surface area contributed by atoms with E-state index in [9.17, 15) is 18.0 Å². The Labute approximate surface area is 142 Å². The maximum Gasteiger partial charge on any atom is 0.417 e. The Hall–Kier alpha value is -2.18. The van der Waals surface area contributed by atoms with Crippen LogP contribution in [-0.4, -0.2) is 34.5 Å². The quantitative estimate of drug-likeness (QED) is 0.841. The van der Waals surface area contributed by atoms with Crippen LogP contribution >= 0.6 is 12.2 Å². The number of thiocarbonyl (C=S) groups is 1. The second-order valence-corrected chi connectivity index (χ2v) is 6.13.